The highest BCUT2D eigenvalue weighted by atomic mass is 32.1. The lowest BCUT2D eigenvalue weighted by molar-refractivity contribution is 1.73. The molecule has 8 aromatic carbocycles. The van der Waals surface area contributed by atoms with E-state index in [2.05, 4.69) is 121 Å². The van der Waals surface area contributed by atoms with E-state index in [0.29, 0.717) is 0 Å². The summed E-state index contributed by atoms with van der Waals surface area (Å²) in [7, 11) is 0. The first-order valence-corrected chi connectivity index (χ1v) is 13.6. The lowest BCUT2D eigenvalue weighted by atomic mass is 9.85. The molecule has 0 aliphatic rings. The number of benzene rings is 8. The molecule has 0 atom stereocenters. The fourth-order valence-corrected chi connectivity index (χ4v) is 7.90. The van der Waals surface area contributed by atoms with Gasteiger partial charge in [0.25, 0.3) is 0 Å². The van der Waals surface area contributed by atoms with Gasteiger partial charge in [-0.25, -0.2) is 0 Å². The minimum atomic E-state index is 1.29. The van der Waals surface area contributed by atoms with Crippen LogP contribution in [0.4, 0.5) is 0 Å². The normalized spacial score (nSPS) is 12.3. The highest BCUT2D eigenvalue weighted by molar-refractivity contribution is 7.27. The maximum Gasteiger partial charge on any atom is 0.0440 e. The van der Waals surface area contributed by atoms with Gasteiger partial charge in [0.1, 0.15) is 0 Å². The average molecular weight is 485 g/mol. The number of fused-ring (bicyclic) bond motifs is 8. The monoisotopic (exact) mass is 484 g/mol. The maximum atomic E-state index is 2.43. The predicted molar refractivity (Wildman–Crippen MR) is 163 cm³/mol. The van der Waals surface area contributed by atoms with Gasteiger partial charge in [0.05, 0.1) is 0 Å². The molecular weight excluding hydrogens is 464 g/mol. The summed E-state index contributed by atoms with van der Waals surface area (Å²) in [6.07, 6.45) is 0. The molecule has 1 heteroatoms. The molecule has 0 nitrogen and oxygen atoms in total. The van der Waals surface area contributed by atoms with Crippen LogP contribution in [0.3, 0.4) is 0 Å². The van der Waals surface area contributed by atoms with Gasteiger partial charge in [-0.3, -0.25) is 0 Å². The van der Waals surface area contributed by atoms with Crippen molar-refractivity contribution in [2.24, 2.45) is 0 Å². The van der Waals surface area contributed by atoms with E-state index in [9.17, 15) is 0 Å². The Balaban J connectivity index is 1.54. The van der Waals surface area contributed by atoms with Crippen molar-refractivity contribution in [3.05, 3.63) is 121 Å². The molecule has 0 bridgehead atoms. The topological polar surface area (TPSA) is 0 Å². The highest BCUT2D eigenvalue weighted by Crippen LogP contribution is 2.49. The van der Waals surface area contributed by atoms with Crippen LogP contribution in [0, 0.1) is 0 Å². The summed E-state index contributed by atoms with van der Waals surface area (Å²) in [5.41, 5.74) is 2.62. The molecule has 0 spiro atoms. The number of thiophene rings is 1. The van der Waals surface area contributed by atoms with E-state index in [0.717, 1.165) is 0 Å². The first-order chi connectivity index (χ1) is 18.4. The third kappa shape index (κ3) is 2.52. The largest absolute Gasteiger partial charge is 0.135 e. The van der Waals surface area contributed by atoms with Gasteiger partial charge >= 0.3 is 0 Å². The molecule has 0 aliphatic carbocycles. The van der Waals surface area contributed by atoms with Gasteiger partial charge in [-0.15, -0.1) is 11.3 Å². The molecular formula is C36H20S. The van der Waals surface area contributed by atoms with Crippen LogP contribution in [-0.2, 0) is 0 Å². The molecule has 170 valence electrons. The molecule has 0 saturated carbocycles. The molecule has 0 N–H and O–H groups in total. The summed E-state index contributed by atoms with van der Waals surface area (Å²) in [4.78, 5) is 0. The smallest absolute Gasteiger partial charge is 0.0440 e. The van der Waals surface area contributed by atoms with E-state index in [1.165, 1.54) is 85.2 Å². The van der Waals surface area contributed by atoms with E-state index in [1.54, 1.807) is 0 Å². The van der Waals surface area contributed by atoms with Gasteiger partial charge in [0.15, 0.2) is 0 Å². The van der Waals surface area contributed by atoms with Gasteiger partial charge in [0, 0.05) is 25.6 Å². The van der Waals surface area contributed by atoms with Crippen LogP contribution in [0.25, 0.3) is 85.2 Å². The van der Waals surface area contributed by atoms with E-state index in [-0.39, 0.29) is 0 Å². The van der Waals surface area contributed by atoms with Gasteiger partial charge < -0.3 is 0 Å². The molecule has 0 fully saturated rings. The first kappa shape index (κ1) is 19.7. The molecule has 9 rings (SSSR count). The minimum absolute atomic E-state index is 1.29. The van der Waals surface area contributed by atoms with Crippen molar-refractivity contribution in [3.63, 3.8) is 0 Å². The predicted octanol–water partition coefficient (Wildman–Crippen LogP) is 10.9. The molecule has 9 aromatic rings. The fourth-order valence-electron chi connectivity index (χ4n) is 6.65. The molecule has 0 amide bonds. The Hall–Kier alpha value is -4.46. The first-order valence-electron chi connectivity index (χ1n) is 12.8. The van der Waals surface area contributed by atoms with Crippen LogP contribution >= 0.6 is 11.3 Å². The molecule has 0 aliphatic heterocycles. The Morgan fingerprint density at radius 2 is 0.946 bits per heavy atom. The molecule has 0 radical (unpaired) electrons. The van der Waals surface area contributed by atoms with Gasteiger partial charge in [0.2, 0.25) is 0 Å². The van der Waals surface area contributed by atoms with Crippen molar-refractivity contribution < 1.29 is 0 Å². The van der Waals surface area contributed by atoms with Crippen molar-refractivity contribution >= 4 is 85.4 Å². The third-order valence-electron chi connectivity index (χ3n) is 8.17. The zero-order valence-electron chi connectivity index (χ0n) is 20.0. The second-order valence-corrected chi connectivity index (χ2v) is 11.1. The SMILES string of the molecule is c1ccc2c(c1)cc(-c1cc3cccc4c5c6ccccc6sc5c5cccc1c5c34)c1ccccc12. The Morgan fingerprint density at radius 3 is 1.86 bits per heavy atom. The molecule has 37 heavy (non-hydrogen) atoms. The molecule has 0 saturated heterocycles. The third-order valence-corrected chi connectivity index (χ3v) is 9.37. The maximum absolute atomic E-state index is 2.43. The summed E-state index contributed by atoms with van der Waals surface area (Å²) in [5.74, 6) is 0. The molecule has 1 aromatic heterocycles. The second-order valence-electron chi connectivity index (χ2n) is 10.0. The van der Waals surface area contributed by atoms with Crippen molar-refractivity contribution in [2.75, 3.05) is 0 Å². The van der Waals surface area contributed by atoms with Gasteiger partial charge in [-0.1, -0.05) is 103 Å². The summed E-state index contributed by atoms with van der Waals surface area (Å²) in [6, 6.07) is 45.1. The van der Waals surface area contributed by atoms with E-state index < -0.39 is 0 Å². The van der Waals surface area contributed by atoms with Crippen LogP contribution in [0.2, 0.25) is 0 Å². The summed E-state index contributed by atoms with van der Waals surface area (Å²) < 4.78 is 2.75. The zero-order valence-corrected chi connectivity index (χ0v) is 20.8. The number of rotatable bonds is 1. The fraction of sp³-hybridized carbons (Fsp3) is 0. The highest BCUT2D eigenvalue weighted by Gasteiger charge is 2.20. The van der Waals surface area contributed by atoms with E-state index in [4.69, 9.17) is 0 Å². The Labute approximate surface area is 217 Å². The lowest BCUT2D eigenvalue weighted by Crippen LogP contribution is -1.90. The van der Waals surface area contributed by atoms with Crippen LogP contribution in [-0.4, -0.2) is 0 Å². The van der Waals surface area contributed by atoms with Crippen LogP contribution in [0.5, 0.6) is 0 Å². The van der Waals surface area contributed by atoms with Crippen LogP contribution in [0.15, 0.2) is 121 Å². The number of hydrogen-bond donors (Lipinski definition) is 0. The van der Waals surface area contributed by atoms with Crippen molar-refractivity contribution in [1.82, 2.24) is 0 Å². The van der Waals surface area contributed by atoms with Crippen LogP contribution in [0.1, 0.15) is 0 Å². The summed E-state index contributed by atoms with van der Waals surface area (Å²) in [6.45, 7) is 0. The molecule has 1 heterocycles. The Kier molecular flexibility index (Phi) is 3.76. The van der Waals surface area contributed by atoms with Crippen molar-refractivity contribution in [3.8, 4) is 11.1 Å². The summed E-state index contributed by atoms with van der Waals surface area (Å²) in [5, 5.41) is 16.1. The quantitative estimate of drug-likeness (QED) is 0.203. The van der Waals surface area contributed by atoms with Crippen LogP contribution < -0.4 is 0 Å². The second kappa shape index (κ2) is 7.06. The Morgan fingerprint density at radius 1 is 0.351 bits per heavy atom. The number of hydrogen-bond acceptors (Lipinski definition) is 1. The van der Waals surface area contributed by atoms with E-state index >= 15 is 0 Å². The van der Waals surface area contributed by atoms with Crippen molar-refractivity contribution in [2.45, 2.75) is 0 Å². The zero-order chi connectivity index (χ0) is 24.1. The van der Waals surface area contributed by atoms with Crippen molar-refractivity contribution in [1.29, 1.82) is 0 Å². The van der Waals surface area contributed by atoms with E-state index in [1.807, 2.05) is 11.3 Å². The standard InChI is InChI=1S/C36H20S/c1-2-11-23-21(9-1)19-30(25-13-4-3-12-24(23)25)31-20-22-10-7-16-28-33(22)34-26(31)15-8-17-29(34)36-35(28)27-14-5-6-18-32(27)37-36/h1-20H. The Bertz CT molecular complexity index is 2350. The van der Waals surface area contributed by atoms with Gasteiger partial charge in [-0.05, 0) is 77.8 Å². The lowest BCUT2D eigenvalue weighted by Gasteiger charge is -2.18. The average Bonchev–Trinajstić information content (AvgIpc) is 3.36. The molecule has 0 unspecified atom stereocenters. The van der Waals surface area contributed by atoms with Gasteiger partial charge in [-0.2, -0.15) is 0 Å². The summed E-state index contributed by atoms with van der Waals surface area (Å²) >= 11 is 1.93. The minimum Gasteiger partial charge on any atom is -0.135 e.